The number of hydrogen-bond acceptors (Lipinski definition) is 2. The minimum Gasteiger partial charge on any atom is -0.276 e. The van der Waals surface area contributed by atoms with Gasteiger partial charge in [-0.1, -0.05) is 12.1 Å². The maximum Gasteiger partial charge on any atom is 0.253 e. The van der Waals surface area contributed by atoms with E-state index in [-0.39, 0.29) is 5.82 Å². The van der Waals surface area contributed by atoms with Crippen molar-refractivity contribution in [2.75, 3.05) is 0 Å². The van der Waals surface area contributed by atoms with E-state index in [0.717, 1.165) is 10.4 Å². The van der Waals surface area contributed by atoms with Gasteiger partial charge in [-0.3, -0.25) is 4.79 Å². The van der Waals surface area contributed by atoms with Crippen LogP contribution in [0.25, 0.3) is 10.4 Å². The second-order valence-electron chi connectivity index (χ2n) is 2.94. The van der Waals surface area contributed by atoms with Gasteiger partial charge in [-0.25, -0.2) is 4.39 Å². The lowest BCUT2D eigenvalue weighted by atomic mass is 10.1. The van der Waals surface area contributed by atoms with E-state index < -0.39 is 5.24 Å². The topological polar surface area (TPSA) is 17.1 Å². The van der Waals surface area contributed by atoms with E-state index in [2.05, 4.69) is 0 Å². The van der Waals surface area contributed by atoms with Crippen LogP contribution in [0.1, 0.15) is 10.4 Å². The van der Waals surface area contributed by atoms with Crippen molar-refractivity contribution in [1.29, 1.82) is 0 Å². The van der Waals surface area contributed by atoms with Crippen LogP contribution in [0.2, 0.25) is 0 Å². The molecule has 0 amide bonds. The fourth-order valence-electron chi connectivity index (χ4n) is 1.29. The molecule has 0 aliphatic rings. The van der Waals surface area contributed by atoms with Gasteiger partial charge in [-0.05, 0) is 40.7 Å². The van der Waals surface area contributed by atoms with Crippen molar-refractivity contribution in [2.45, 2.75) is 0 Å². The first-order valence-corrected chi connectivity index (χ1v) is 5.47. The fraction of sp³-hybridized carbons (Fsp3) is 0. The van der Waals surface area contributed by atoms with Crippen LogP contribution in [0, 0.1) is 5.82 Å². The van der Waals surface area contributed by atoms with Gasteiger partial charge in [0.05, 0.1) is 5.56 Å². The van der Waals surface area contributed by atoms with Gasteiger partial charge >= 0.3 is 0 Å². The predicted octanol–water partition coefficient (Wildman–Crippen LogP) is 3.93. The van der Waals surface area contributed by atoms with E-state index in [1.807, 2.05) is 0 Å². The molecular weight excluding hydrogens is 235 g/mol. The van der Waals surface area contributed by atoms with Crippen LogP contribution in [0.3, 0.4) is 0 Å². The summed E-state index contributed by atoms with van der Waals surface area (Å²) in [6, 6.07) is 7.64. The van der Waals surface area contributed by atoms with Crippen LogP contribution >= 0.6 is 22.9 Å². The Morgan fingerprint density at radius 3 is 2.47 bits per heavy atom. The van der Waals surface area contributed by atoms with E-state index in [1.54, 1.807) is 23.6 Å². The summed E-state index contributed by atoms with van der Waals surface area (Å²) < 4.78 is 12.7. The third kappa shape index (κ3) is 2.08. The molecule has 1 aromatic heterocycles. The molecule has 15 heavy (non-hydrogen) atoms. The second-order valence-corrected chi connectivity index (χ2v) is 4.20. The standard InChI is InChI=1S/C11H6ClFOS/c12-11(14)9-5-6-15-10(9)7-1-3-8(13)4-2-7/h1-6H. The molecule has 0 bridgehead atoms. The molecule has 0 radical (unpaired) electrons. The van der Waals surface area contributed by atoms with Crippen LogP contribution in [-0.4, -0.2) is 5.24 Å². The average Bonchev–Trinajstić information content (AvgIpc) is 2.67. The highest BCUT2D eigenvalue weighted by atomic mass is 35.5. The summed E-state index contributed by atoms with van der Waals surface area (Å²) in [5.74, 6) is -0.297. The first-order valence-electron chi connectivity index (χ1n) is 4.22. The molecule has 0 unspecified atom stereocenters. The van der Waals surface area contributed by atoms with Gasteiger partial charge in [0.25, 0.3) is 5.24 Å². The van der Waals surface area contributed by atoms with Gasteiger partial charge in [-0.2, -0.15) is 0 Å². The summed E-state index contributed by atoms with van der Waals surface area (Å²) in [4.78, 5) is 11.8. The van der Waals surface area contributed by atoms with Gasteiger partial charge in [0.2, 0.25) is 0 Å². The molecule has 1 nitrogen and oxygen atoms in total. The van der Waals surface area contributed by atoms with Crippen LogP contribution in [0.4, 0.5) is 4.39 Å². The highest BCUT2D eigenvalue weighted by molar-refractivity contribution is 7.14. The third-order valence-electron chi connectivity index (χ3n) is 1.98. The highest BCUT2D eigenvalue weighted by Crippen LogP contribution is 2.30. The SMILES string of the molecule is O=C(Cl)c1ccsc1-c1ccc(F)cc1. The summed E-state index contributed by atoms with van der Waals surface area (Å²) >= 11 is 6.83. The predicted molar refractivity (Wildman–Crippen MR) is 59.9 cm³/mol. The molecule has 2 rings (SSSR count). The lowest BCUT2D eigenvalue weighted by molar-refractivity contribution is 0.108. The first kappa shape index (κ1) is 10.3. The maximum absolute atomic E-state index is 12.7. The van der Waals surface area contributed by atoms with E-state index in [4.69, 9.17) is 11.6 Å². The van der Waals surface area contributed by atoms with Crippen LogP contribution in [0.5, 0.6) is 0 Å². The van der Waals surface area contributed by atoms with Crippen molar-refractivity contribution < 1.29 is 9.18 Å². The summed E-state index contributed by atoms with van der Waals surface area (Å²) in [5, 5.41) is 1.30. The van der Waals surface area contributed by atoms with Gasteiger partial charge in [0.1, 0.15) is 5.82 Å². The van der Waals surface area contributed by atoms with Crippen molar-refractivity contribution in [2.24, 2.45) is 0 Å². The average molecular weight is 241 g/mol. The number of benzene rings is 1. The molecule has 0 atom stereocenters. The molecule has 2 aromatic rings. The number of hydrogen-bond donors (Lipinski definition) is 0. The molecule has 0 fully saturated rings. The van der Waals surface area contributed by atoms with Crippen LogP contribution < -0.4 is 0 Å². The molecule has 0 aliphatic heterocycles. The van der Waals surface area contributed by atoms with E-state index in [1.165, 1.54) is 23.5 Å². The Bertz CT molecular complexity index is 490. The smallest absolute Gasteiger partial charge is 0.253 e. The van der Waals surface area contributed by atoms with Crippen molar-refractivity contribution in [3.05, 3.63) is 47.1 Å². The van der Waals surface area contributed by atoms with E-state index in [9.17, 15) is 9.18 Å². The quantitative estimate of drug-likeness (QED) is 0.727. The van der Waals surface area contributed by atoms with E-state index in [0.29, 0.717) is 5.56 Å². The Morgan fingerprint density at radius 1 is 1.20 bits per heavy atom. The Morgan fingerprint density at radius 2 is 1.87 bits per heavy atom. The molecular formula is C11H6ClFOS. The highest BCUT2D eigenvalue weighted by Gasteiger charge is 2.11. The molecule has 1 heterocycles. The third-order valence-corrected chi connectivity index (χ3v) is 3.15. The number of rotatable bonds is 2. The summed E-state index contributed by atoms with van der Waals surface area (Å²) in [7, 11) is 0. The Kier molecular flexibility index (Phi) is 2.84. The molecule has 0 N–H and O–H groups in total. The van der Waals surface area contributed by atoms with Crippen LogP contribution in [0.15, 0.2) is 35.7 Å². The number of thiophene rings is 1. The van der Waals surface area contributed by atoms with Crippen molar-refractivity contribution >= 4 is 28.2 Å². The largest absolute Gasteiger partial charge is 0.276 e. The Labute approximate surface area is 95.1 Å². The van der Waals surface area contributed by atoms with Gasteiger partial charge in [0, 0.05) is 4.88 Å². The summed E-state index contributed by atoms with van der Waals surface area (Å²) in [6.07, 6.45) is 0. The molecule has 0 saturated heterocycles. The van der Waals surface area contributed by atoms with Crippen molar-refractivity contribution in [3.8, 4) is 10.4 Å². The van der Waals surface area contributed by atoms with Gasteiger partial charge in [-0.15, -0.1) is 11.3 Å². The monoisotopic (exact) mass is 240 g/mol. The van der Waals surface area contributed by atoms with Crippen molar-refractivity contribution in [3.63, 3.8) is 0 Å². The zero-order chi connectivity index (χ0) is 10.8. The second kappa shape index (κ2) is 4.13. The zero-order valence-corrected chi connectivity index (χ0v) is 9.11. The molecule has 0 saturated carbocycles. The van der Waals surface area contributed by atoms with Gasteiger partial charge in [0.15, 0.2) is 0 Å². The molecule has 0 spiro atoms. The lowest BCUT2D eigenvalue weighted by Gasteiger charge is -1.99. The molecule has 4 heteroatoms. The summed E-state index contributed by atoms with van der Waals surface area (Å²) in [6.45, 7) is 0. The van der Waals surface area contributed by atoms with Gasteiger partial charge < -0.3 is 0 Å². The lowest BCUT2D eigenvalue weighted by Crippen LogP contribution is -1.88. The number of carbonyl (C=O) groups is 1. The Balaban J connectivity index is 2.49. The molecule has 0 aliphatic carbocycles. The first-order chi connectivity index (χ1) is 7.18. The molecule has 76 valence electrons. The minimum absolute atomic E-state index is 0.297. The normalized spacial score (nSPS) is 10.3. The maximum atomic E-state index is 12.7. The van der Waals surface area contributed by atoms with E-state index >= 15 is 0 Å². The minimum atomic E-state index is -0.490. The van der Waals surface area contributed by atoms with Crippen LogP contribution in [-0.2, 0) is 0 Å². The zero-order valence-electron chi connectivity index (χ0n) is 7.54. The Hall–Kier alpha value is -1.19. The number of carbonyl (C=O) groups excluding carboxylic acids is 1. The summed E-state index contributed by atoms with van der Waals surface area (Å²) in [5.41, 5.74) is 1.27. The fourth-order valence-corrected chi connectivity index (χ4v) is 2.40. The molecule has 1 aromatic carbocycles. The number of halogens is 2. The van der Waals surface area contributed by atoms with Crippen molar-refractivity contribution in [1.82, 2.24) is 0 Å².